The second-order valence-corrected chi connectivity index (χ2v) is 5.98. The van der Waals surface area contributed by atoms with Crippen LogP contribution in [0, 0.1) is 17.2 Å². The summed E-state index contributed by atoms with van der Waals surface area (Å²) >= 11 is 1.42. The second kappa shape index (κ2) is 5.92. The first-order valence-electron chi connectivity index (χ1n) is 6.33. The summed E-state index contributed by atoms with van der Waals surface area (Å²) in [7, 11) is 0. The number of nitrogens with two attached hydrogens (primary N) is 1. The quantitative estimate of drug-likeness (QED) is 0.873. The van der Waals surface area contributed by atoms with Crippen LogP contribution in [0.5, 0.6) is 0 Å². The molecule has 1 aliphatic heterocycles. The molecule has 5 nitrogen and oxygen atoms in total. The summed E-state index contributed by atoms with van der Waals surface area (Å²) < 4.78 is 5.23. The van der Waals surface area contributed by atoms with Crippen LogP contribution < -0.4 is 10.6 Å². The molecule has 0 saturated carbocycles. The zero-order chi connectivity index (χ0) is 13.4. The number of anilines is 1. The Bertz CT molecular complexity index is 640. The SMILES string of the molecule is C[C@H]1C[C@@H](N)CN(c2cnc(C#N)c3cnsc23)C1.Cl. The van der Waals surface area contributed by atoms with Gasteiger partial charge in [-0.25, -0.2) is 4.98 Å². The van der Waals surface area contributed by atoms with Crippen LogP contribution in [0.2, 0.25) is 0 Å². The summed E-state index contributed by atoms with van der Waals surface area (Å²) in [6.45, 7) is 4.03. The molecular formula is C13H16ClN5S. The van der Waals surface area contributed by atoms with Crippen molar-refractivity contribution in [2.75, 3.05) is 18.0 Å². The van der Waals surface area contributed by atoms with E-state index in [-0.39, 0.29) is 18.4 Å². The van der Waals surface area contributed by atoms with Crippen molar-refractivity contribution >= 4 is 39.7 Å². The number of rotatable bonds is 1. The smallest absolute Gasteiger partial charge is 0.150 e. The number of nitriles is 1. The van der Waals surface area contributed by atoms with Crippen molar-refractivity contribution in [2.45, 2.75) is 19.4 Å². The zero-order valence-electron chi connectivity index (χ0n) is 11.1. The highest BCUT2D eigenvalue weighted by Crippen LogP contribution is 2.33. The minimum absolute atomic E-state index is 0. The standard InChI is InChI=1S/C13H15N5S.ClH/c1-8-2-9(15)7-18(6-8)12-5-16-11(3-14)10-4-17-19-13(10)12;/h4-5,8-9H,2,6-7,15H2,1H3;1H/t8-,9+;/m0./s1. The highest BCUT2D eigenvalue weighted by atomic mass is 35.5. The summed E-state index contributed by atoms with van der Waals surface area (Å²) in [5, 5.41) is 9.91. The Morgan fingerprint density at radius 1 is 1.45 bits per heavy atom. The summed E-state index contributed by atoms with van der Waals surface area (Å²) in [6.07, 6.45) is 4.57. The van der Waals surface area contributed by atoms with Gasteiger partial charge in [-0.15, -0.1) is 12.4 Å². The molecule has 0 bridgehead atoms. The lowest BCUT2D eigenvalue weighted by Gasteiger charge is -2.36. The molecule has 2 aromatic heterocycles. The Hall–Kier alpha value is -1.42. The van der Waals surface area contributed by atoms with E-state index in [0.717, 1.165) is 35.3 Å². The average Bonchev–Trinajstić information content (AvgIpc) is 2.85. The fourth-order valence-corrected chi connectivity index (χ4v) is 3.54. The van der Waals surface area contributed by atoms with E-state index in [1.165, 1.54) is 11.5 Å². The molecule has 1 aliphatic rings. The minimum atomic E-state index is 0. The monoisotopic (exact) mass is 309 g/mol. The number of fused-ring (bicyclic) bond motifs is 1. The first kappa shape index (κ1) is 15.0. The van der Waals surface area contributed by atoms with E-state index in [9.17, 15) is 0 Å². The summed E-state index contributed by atoms with van der Waals surface area (Å²) in [5.74, 6) is 0.572. The van der Waals surface area contributed by atoms with E-state index in [4.69, 9.17) is 11.0 Å². The van der Waals surface area contributed by atoms with Crippen LogP contribution in [-0.2, 0) is 0 Å². The maximum absolute atomic E-state index is 9.07. The molecule has 1 fully saturated rings. The van der Waals surface area contributed by atoms with Crippen molar-refractivity contribution in [3.05, 3.63) is 18.1 Å². The number of pyridine rings is 1. The highest BCUT2D eigenvalue weighted by molar-refractivity contribution is 7.14. The number of aromatic nitrogens is 2. The van der Waals surface area contributed by atoms with Gasteiger partial charge in [-0.05, 0) is 23.9 Å². The van der Waals surface area contributed by atoms with Gasteiger partial charge in [-0.3, -0.25) is 0 Å². The molecule has 2 N–H and O–H groups in total. The van der Waals surface area contributed by atoms with E-state index < -0.39 is 0 Å². The zero-order valence-corrected chi connectivity index (χ0v) is 12.7. The van der Waals surface area contributed by atoms with Crippen molar-refractivity contribution in [1.29, 1.82) is 5.26 Å². The van der Waals surface area contributed by atoms with Crippen LogP contribution in [0.1, 0.15) is 19.0 Å². The van der Waals surface area contributed by atoms with Crippen LogP contribution in [0.25, 0.3) is 10.1 Å². The molecule has 7 heteroatoms. The molecule has 3 heterocycles. The molecule has 0 radical (unpaired) electrons. The first-order valence-corrected chi connectivity index (χ1v) is 7.10. The van der Waals surface area contributed by atoms with Gasteiger partial charge in [0.1, 0.15) is 6.07 Å². The van der Waals surface area contributed by atoms with E-state index >= 15 is 0 Å². The van der Waals surface area contributed by atoms with Gasteiger partial charge in [-0.2, -0.15) is 9.64 Å². The number of halogens is 1. The van der Waals surface area contributed by atoms with Crippen LogP contribution in [0.4, 0.5) is 5.69 Å². The van der Waals surface area contributed by atoms with Crippen LogP contribution in [0.3, 0.4) is 0 Å². The van der Waals surface area contributed by atoms with Gasteiger partial charge in [0.05, 0.1) is 28.2 Å². The largest absolute Gasteiger partial charge is 0.367 e. The third kappa shape index (κ3) is 2.57. The Morgan fingerprint density at radius 3 is 2.95 bits per heavy atom. The van der Waals surface area contributed by atoms with E-state index in [0.29, 0.717) is 11.6 Å². The first-order chi connectivity index (χ1) is 9.19. The predicted molar refractivity (Wildman–Crippen MR) is 83.3 cm³/mol. The molecule has 0 aromatic carbocycles. The lowest BCUT2D eigenvalue weighted by Crippen LogP contribution is -2.46. The molecule has 20 heavy (non-hydrogen) atoms. The summed E-state index contributed by atoms with van der Waals surface area (Å²) in [5.41, 5.74) is 7.60. The molecular weight excluding hydrogens is 294 g/mol. The second-order valence-electron chi connectivity index (χ2n) is 5.18. The molecule has 0 amide bonds. The van der Waals surface area contributed by atoms with Gasteiger partial charge in [0.2, 0.25) is 0 Å². The van der Waals surface area contributed by atoms with Gasteiger partial charge in [0.15, 0.2) is 5.69 Å². The Kier molecular flexibility index (Phi) is 4.43. The van der Waals surface area contributed by atoms with Crippen molar-refractivity contribution in [3.63, 3.8) is 0 Å². The lowest BCUT2D eigenvalue weighted by molar-refractivity contribution is 0.402. The number of hydrogen-bond acceptors (Lipinski definition) is 6. The molecule has 106 valence electrons. The molecule has 0 aliphatic carbocycles. The normalized spacial score (nSPS) is 22.4. The minimum Gasteiger partial charge on any atom is -0.367 e. The van der Waals surface area contributed by atoms with Crippen molar-refractivity contribution < 1.29 is 0 Å². The molecule has 2 aromatic rings. The molecule has 2 atom stereocenters. The third-order valence-electron chi connectivity index (χ3n) is 3.51. The fraction of sp³-hybridized carbons (Fsp3) is 0.462. The van der Waals surface area contributed by atoms with E-state index in [2.05, 4.69) is 27.3 Å². The molecule has 0 unspecified atom stereocenters. The van der Waals surface area contributed by atoms with Gasteiger partial charge in [-0.1, -0.05) is 6.92 Å². The Balaban J connectivity index is 0.00000147. The van der Waals surface area contributed by atoms with Gasteiger partial charge in [0.25, 0.3) is 0 Å². The van der Waals surface area contributed by atoms with Crippen LogP contribution >= 0.6 is 23.9 Å². The maximum Gasteiger partial charge on any atom is 0.150 e. The van der Waals surface area contributed by atoms with Crippen LogP contribution in [-0.4, -0.2) is 28.5 Å². The number of nitrogens with zero attached hydrogens (tertiary/aromatic N) is 4. The van der Waals surface area contributed by atoms with Gasteiger partial charge < -0.3 is 10.6 Å². The fourth-order valence-electron chi connectivity index (χ4n) is 2.76. The van der Waals surface area contributed by atoms with Crippen molar-refractivity contribution in [3.8, 4) is 6.07 Å². The van der Waals surface area contributed by atoms with Gasteiger partial charge >= 0.3 is 0 Å². The Labute approximate surface area is 128 Å². The number of piperidine rings is 1. The van der Waals surface area contributed by atoms with Crippen LogP contribution in [0.15, 0.2) is 12.4 Å². The average molecular weight is 310 g/mol. The van der Waals surface area contributed by atoms with E-state index in [1.54, 1.807) is 12.4 Å². The third-order valence-corrected chi connectivity index (χ3v) is 4.34. The predicted octanol–water partition coefficient (Wildman–Crippen LogP) is 2.16. The van der Waals surface area contributed by atoms with Crippen molar-refractivity contribution in [2.24, 2.45) is 11.7 Å². The molecule has 3 rings (SSSR count). The molecule has 0 spiro atoms. The summed E-state index contributed by atoms with van der Waals surface area (Å²) in [6, 6.07) is 2.31. The van der Waals surface area contributed by atoms with E-state index in [1.807, 2.05) is 0 Å². The Morgan fingerprint density at radius 2 is 2.25 bits per heavy atom. The molecule has 1 saturated heterocycles. The summed E-state index contributed by atoms with van der Waals surface area (Å²) in [4.78, 5) is 6.52. The maximum atomic E-state index is 9.07. The number of hydrogen-bond donors (Lipinski definition) is 1. The topological polar surface area (TPSA) is 78.8 Å². The highest BCUT2D eigenvalue weighted by Gasteiger charge is 2.24. The lowest BCUT2D eigenvalue weighted by atomic mass is 9.96. The van der Waals surface area contributed by atoms with Crippen molar-refractivity contribution in [1.82, 2.24) is 9.36 Å². The van der Waals surface area contributed by atoms with Gasteiger partial charge in [0, 0.05) is 19.1 Å².